The SMILES string of the molecule is CNCC(C(C)C)C1CC1c1ccccc1. The summed E-state index contributed by atoms with van der Waals surface area (Å²) in [6.45, 7) is 5.86. The average Bonchev–Trinajstić information content (AvgIpc) is 3.06. The third-order valence-corrected chi connectivity index (χ3v) is 3.91. The fourth-order valence-corrected chi connectivity index (χ4v) is 2.89. The Bertz CT molecular complexity index is 317. The molecular weight excluding hydrogens is 194 g/mol. The Morgan fingerprint density at radius 3 is 2.50 bits per heavy atom. The maximum absolute atomic E-state index is 3.34. The maximum atomic E-state index is 3.34. The Labute approximate surface area is 99.3 Å². The molecule has 0 saturated heterocycles. The number of hydrogen-bond acceptors (Lipinski definition) is 1. The summed E-state index contributed by atoms with van der Waals surface area (Å²) in [4.78, 5) is 0. The zero-order valence-electron chi connectivity index (χ0n) is 10.6. The minimum absolute atomic E-state index is 0.783. The van der Waals surface area contributed by atoms with Crippen molar-refractivity contribution in [3.05, 3.63) is 35.9 Å². The second-order valence-corrected chi connectivity index (χ2v) is 5.38. The molecule has 16 heavy (non-hydrogen) atoms. The molecule has 1 saturated carbocycles. The Kier molecular flexibility index (Phi) is 3.65. The molecule has 1 aliphatic carbocycles. The van der Waals surface area contributed by atoms with Gasteiger partial charge in [0.1, 0.15) is 0 Å². The summed E-state index contributed by atoms with van der Waals surface area (Å²) in [7, 11) is 2.06. The summed E-state index contributed by atoms with van der Waals surface area (Å²) in [5.41, 5.74) is 1.54. The van der Waals surface area contributed by atoms with E-state index in [2.05, 4.69) is 56.5 Å². The average molecular weight is 217 g/mol. The fraction of sp³-hybridized carbons (Fsp3) is 0.600. The molecule has 2 rings (SSSR count). The standard InChI is InChI=1S/C15H23N/c1-11(2)15(10-16-3)14-9-13(14)12-7-5-4-6-8-12/h4-8,11,13-16H,9-10H2,1-3H3. The van der Waals surface area contributed by atoms with Gasteiger partial charge in [0.25, 0.3) is 0 Å². The lowest BCUT2D eigenvalue weighted by molar-refractivity contribution is 0.325. The van der Waals surface area contributed by atoms with Crippen molar-refractivity contribution < 1.29 is 0 Å². The molecule has 1 aliphatic rings. The first-order chi connectivity index (χ1) is 7.74. The molecule has 0 bridgehead atoms. The van der Waals surface area contributed by atoms with Gasteiger partial charge in [-0.2, -0.15) is 0 Å². The number of nitrogens with one attached hydrogen (secondary N) is 1. The molecule has 0 amide bonds. The van der Waals surface area contributed by atoms with Gasteiger partial charge in [-0.1, -0.05) is 44.2 Å². The normalized spacial score (nSPS) is 25.8. The number of hydrogen-bond donors (Lipinski definition) is 1. The molecular formula is C15H23N. The van der Waals surface area contributed by atoms with Crippen LogP contribution in [0.4, 0.5) is 0 Å². The van der Waals surface area contributed by atoms with Crippen LogP contribution in [0, 0.1) is 17.8 Å². The van der Waals surface area contributed by atoms with Crippen LogP contribution in [-0.2, 0) is 0 Å². The summed E-state index contributed by atoms with van der Waals surface area (Å²) >= 11 is 0. The van der Waals surface area contributed by atoms with E-state index in [0.717, 1.165) is 30.2 Å². The van der Waals surface area contributed by atoms with Gasteiger partial charge in [0.2, 0.25) is 0 Å². The molecule has 0 aromatic heterocycles. The smallest absolute Gasteiger partial charge is 0.00182 e. The molecule has 1 heteroatoms. The summed E-state index contributed by atoms with van der Waals surface area (Å²) < 4.78 is 0. The second kappa shape index (κ2) is 5.01. The second-order valence-electron chi connectivity index (χ2n) is 5.38. The van der Waals surface area contributed by atoms with Crippen LogP contribution in [0.5, 0.6) is 0 Å². The van der Waals surface area contributed by atoms with Crippen LogP contribution in [0.1, 0.15) is 31.7 Å². The first kappa shape index (κ1) is 11.7. The van der Waals surface area contributed by atoms with Gasteiger partial charge in [-0.15, -0.1) is 0 Å². The minimum atomic E-state index is 0.783. The molecule has 0 spiro atoms. The highest BCUT2D eigenvalue weighted by molar-refractivity contribution is 5.26. The van der Waals surface area contributed by atoms with Crippen LogP contribution in [0.3, 0.4) is 0 Å². The number of rotatable bonds is 5. The van der Waals surface area contributed by atoms with Crippen molar-refractivity contribution in [2.24, 2.45) is 17.8 Å². The highest BCUT2D eigenvalue weighted by Crippen LogP contribution is 2.53. The molecule has 1 nitrogen and oxygen atoms in total. The van der Waals surface area contributed by atoms with E-state index in [0.29, 0.717) is 0 Å². The Morgan fingerprint density at radius 1 is 1.25 bits per heavy atom. The topological polar surface area (TPSA) is 12.0 Å². The Morgan fingerprint density at radius 2 is 1.94 bits per heavy atom. The lowest BCUT2D eigenvalue weighted by atomic mass is 9.89. The van der Waals surface area contributed by atoms with Crippen LogP contribution >= 0.6 is 0 Å². The first-order valence-corrected chi connectivity index (χ1v) is 6.43. The van der Waals surface area contributed by atoms with Gasteiger partial charge in [-0.3, -0.25) is 0 Å². The molecule has 1 aromatic carbocycles. The van der Waals surface area contributed by atoms with E-state index in [1.54, 1.807) is 0 Å². The predicted octanol–water partition coefficient (Wildman–Crippen LogP) is 3.28. The quantitative estimate of drug-likeness (QED) is 0.798. The van der Waals surface area contributed by atoms with E-state index < -0.39 is 0 Å². The van der Waals surface area contributed by atoms with Gasteiger partial charge >= 0.3 is 0 Å². The van der Waals surface area contributed by atoms with Crippen molar-refractivity contribution in [1.29, 1.82) is 0 Å². The third-order valence-electron chi connectivity index (χ3n) is 3.91. The molecule has 1 fully saturated rings. The van der Waals surface area contributed by atoms with Crippen LogP contribution < -0.4 is 5.32 Å². The van der Waals surface area contributed by atoms with Gasteiger partial charge in [0.05, 0.1) is 0 Å². The molecule has 0 heterocycles. The van der Waals surface area contributed by atoms with Crippen molar-refractivity contribution in [3.8, 4) is 0 Å². The highest BCUT2D eigenvalue weighted by Gasteiger charge is 2.44. The summed E-state index contributed by atoms with van der Waals surface area (Å²) in [5, 5.41) is 3.34. The Balaban J connectivity index is 1.99. The van der Waals surface area contributed by atoms with Gasteiger partial charge in [0.15, 0.2) is 0 Å². The highest BCUT2D eigenvalue weighted by atomic mass is 14.8. The van der Waals surface area contributed by atoms with Gasteiger partial charge in [-0.25, -0.2) is 0 Å². The molecule has 3 atom stereocenters. The van der Waals surface area contributed by atoms with Crippen molar-refractivity contribution in [2.75, 3.05) is 13.6 Å². The van der Waals surface area contributed by atoms with Crippen LogP contribution in [-0.4, -0.2) is 13.6 Å². The van der Waals surface area contributed by atoms with Crippen LogP contribution in [0.25, 0.3) is 0 Å². The molecule has 0 radical (unpaired) electrons. The summed E-state index contributed by atoms with van der Waals surface area (Å²) in [6.07, 6.45) is 1.38. The molecule has 1 N–H and O–H groups in total. The van der Waals surface area contributed by atoms with Crippen molar-refractivity contribution in [3.63, 3.8) is 0 Å². The lowest BCUT2D eigenvalue weighted by Gasteiger charge is -2.20. The van der Waals surface area contributed by atoms with Crippen molar-refractivity contribution in [1.82, 2.24) is 5.32 Å². The summed E-state index contributed by atoms with van der Waals surface area (Å²) in [5.74, 6) is 3.33. The molecule has 1 aromatic rings. The molecule has 88 valence electrons. The lowest BCUT2D eigenvalue weighted by Crippen LogP contribution is -2.25. The maximum Gasteiger partial charge on any atom is -0.00182 e. The zero-order chi connectivity index (χ0) is 11.5. The van der Waals surface area contributed by atoms with Crippen LogP contribution in [0.15, 0.2) is 30.3 Å². The largest absolute Gasteiger partial charge is 0.319 e. The van der Waals surface area contributed by atoms with Crippen LogP contribution in [0.2, 0.25) is 0 Å². The van der Waals surface area contributed by atoms with E-state index in [9.17, 15) is 0 Å². The monoisotopic (exact) mass is 217 g/mol. The molecule has 0 aliphatic heterocycles. The molecule has 3 unspecified atom stereocenters. The van der Waals surface area contributed by atoms with Crippen molar-refractivity contribution >= 4 is 0 Å². The number of benzene rings is 1. The predicted molar refractivity (Wildman–Crippen MR) is 69.5 cm³/mol. The minimum Gasteiger partial charge on any atom is -0.319 e. The van der Waals surface area contributed by atoms with E-state index >= 15 is 0 Å². The van der Waals surface area contributed by atoms with E-state index in [-0.39, 0.29) is 0 Å². The summed E-state index contributed by atoms with van der Waals surface area (Å²) in [6, 6.07) is 11.0. The third kappa shape index (κ3) is 2.46. The van der Waals surface area contributed by atoms with E-state index in [4.69, 9.17) is 0 Å². The Hall–Kier alpha value is -0.820. The van der Waals surface area contributed by atoms with Gasteiger partial charge in [0, 0.05) is 0 Å². The first-order valence-electron chi connectivity index (χ1n) is 6.43. The van der Waals surface area contributed by atoms with E-state index in [1.165, 1.54) is 12.0 Å². The fourth-order valence-electron chi connectivity index (χ4n) is 2.89. The van der Waals surface area contributed by atoms with Crippen molar-refractivity contribution in [2.45, 2.75) is 26.2 Å². The zero-order valence-corrected chi connectivity index (χ0v) is 10.6. The van der Waals surface area contributed by atoms with Gasteiger partial charge < -0.3 is 5.32 Å². The van der Waals surface area contributed by atoms with Gasteiger partial charge in [-0.05, 0) is 49.2 Å². The van der Waals surface area contributed by atoms with E-state index in [1.807, 2.05) is 0 Å².